The SMILES string of the molecule is CCOc1ccc(C(O)c2ccc3c(c2)CCN3C)cc1. The molecule has 1 heterocycles. The molecule has 0 aliphatic carbocycles. The van der Waals surface area contributed by atoms with Crippen LogP contribution >= 0.6 is 0 Å². The molecule has 0 bridgehead atoms. The predicted molar refractivity (Wildman–Crippen MR) is 85.1 cm³/mol. The first kappa shape index (κ1) is 14.0. The second-order valence-electron chi connectivity index (χ2n) is 5.46. The number of hydrogen-bond donors (Lipinski definition) is 1. The van der Waals surface area contributed by atoms with Gasteiger partial charge in [-0.2, -0.15) is 0 Å². The van der Waals surface area contributed by atoms with Crippen LogP contribution in [0, 0.1) is 0 Å². The van der Waals surface area contributed by atoms with Gasteiger partial charge in [-0.25, -0.2) is 0 Å². The first-order chi connectivity index (χ1) is 10.2. The summed E-state index contributed by atoms with van der Waals surface area (Å²) in [7, 11) is 2.11. The Hall–Kier alpha value is -2.00. The van der Waals surface area contributed by atoms with E-state index in [2.05, 4.69) is 24.1 Å². The number of likely N-dealkylation sites (N-methyl/N-ethyl adjacent to an activating group) is 1. The molecule has 0 radical (unpaired) electrons. The number of fused-ring (bicyclic) bond motifs is 1. The van der Waals surface area contributed by atoms with Gasteiger partial charge in [-0.05, 0) is 48.2 Å². The Balaban J connectivity index is 1.83. The number of anilines is 1. The van der Waals surface area contributed by atoms with Crippen molar-refractivity contribution < 1.29 is 9.84 Å². The summed E-state index contributed by atoms with van der Waals surface area (Å²) in [5.41, 5.74) is 4.44. The lowest BCUT2D eigenvalue weighted by Crippen LogP contribution is -2.12. The van der Waals surface area contributed by atoms with Gasteiger partial charge in [-0.1, -0.05) is 24.3 Å². The van der Waals surface area contributed by atoms with E-state index in [1.807, 2.05) is 37.3 Å². The molecular formula is C18H21NO2. The largest absolute Gasteiger partial charge is 0.494 e. The van der Waals surface area contributed by atoms with Crippen molar-refractivity contribution in [2.75, 3.05) is 25.1 Å². The Morgan fingerprint density at radius 2 is 1.86 bits per heavy atom. The highest BCUT2D eigenvalue weighted by Gasteiger charge is 2.18. The molecule has 0 amide bonds. The van der Waals surface area contributed by atoms with Crippen LogP contribution in [0.4, 0.5) is 5.69 Å². The molecule has 2 aromatic rings. The van der Waals surface area contributed by atoms with Crippen LogP contribution in [0.2, 0.25) is 0 Å². The minimum atomic E-state index is -0.586. The second-order valence-corrected chi connectivity index (χ2v) is 5.46. The predicted octanol–water partition coefficient (Wildman–Crippen LogP) is 3.16. The van der Waals surface area contributed by atoms with Crippen LogP contribution in [0.3, 0.4) is 0 Å². The summed E-state index contributed by atoms with van der Waals surface area (Å²) >= 11 is 0. The molecule has 1 atom stereocenters. The minimum Gasteiger partial charge on any atom is -0.494 e. The highest BCUT2D eigenvalue weighted by Crippen LogP contribution is 2.31. The van der Waals surface area contributed by atoms with Gasteiger partial charge in [-0.3, -0.25) is 0 Å². The molecule has 0 fully saturated rings. The molecule has 0 spiro atoms. The first-order valence-electron chi connectivity index (χ1n) is 7.44. The van der Waals surface area contributed by atoms with Crippen LogP contribution < -0.4 is 9.64 Å². The van der Waals surface area contributed by atoms with Crippen LogP contribution in [0.1, 0.15) is 29.7 Å². The number of ether oxygens (including phenoxy) is 1. The third kappa shape index (κ3) is 2.74. The minimum absolute atomic E-state index is 0.586. The average Bonchev–Trinajstić information content (AvgIpc) is 2.88. The Morgan fingerprint density at radius 3 is 2.57 bits per heavy atom. The summed E-state index contributed by atoms with van der Waals surface area (Å²) in [6.07, 6.45) is 0.465. The quantitative estimate of drug-likeness (QED) is 0.935. The summed E-state index contributed by atoms with van der Waals surface area (Å²) in [6, 6.07) is 13.9. The lowest BCUT2D eigenvalue weighted by atomic mass is 9.99. The van der Waals surface area contributed by atoms with Crippen molar-refractivity contribution in [3.63, 3.8) is 0 Å². The smallest absolute Gasteiger partial charge is 0.119 e. The fraction of sp³-hybridized carbons (Fsp3) is 0.333. The Labute approximate surface area is 125 Å². The van der Waals surface area contributed by atoms with Crippen LogP contribution in [-0.2, 0) is 6.42 Å². The molecule has 0 saturated carbocycles. The summed E-state index contributed by atoms with van der Waals surface area (Å²) in [5, 5.41) is 10.6. The van der Waals surface area contributed by atoms with Crippen LogP contribution in [-0.4, -0.2) is 25.3 Å². The maximum Gasteiger partial charge on any atom is 0.119 e. The third-order valence-electron chi connectivity index (χ3n) is 4.05. The number of nitrogens with zero attached hydrogens (tertiary/aromatic N) is 1. The summed E-state index contributed by atoms with van der Waals surface area (Å²) in [6.45, 7) is 3.67. The molecule has 110 valence electrons. The highest BCUT2D eigenvalue weighted by atomic mass is 16.5. The zero-order valence-corrected chi connectivity index (χ0v) is 12.5. The number of aliphatic hydroxyl groups excluding tert-OH is 1. The van der Waals surface area contributed by atoms with Gasteiger partial charge in [0.2, 0.25) is 0 Å². The lowest BCUT2D eigenvalue weighted by molar-refractivity contribution is 0.220. The molecule has 1 N–H and O–H groups in total. The van der Waals surface area contributed by atoms with Crippen LogP contribution in [0.25, 0.3) is 0 Å². The normalized spacial score (nSPS) is 14.9. The molecule has 21 heavy (non-hydrogen) atoms. The molecule has 1 unspecified atom stereocenters. The fourth-order valence-electron chi connectivity index (χ4n) is 2.86. The molecular weight excluding hydrogens is 262 g/mol. The van der Waals surface area contributed by atoms with Gasteiger partial charge < -0.3 is 14.7 Å². The molecule has 3 nitrogen and oxygen atoms in total. The molecule has 3 heteroatoms. The van der Waals surface area contributed by atoms with E-state index in [4.69, 9.17) is 4.74 Å². The van der Waals surface area contributed by atoms with Gasteiger partial charge in [0.25, 0.3) is 0 Å². The van der Waals surface area contributed by atoms with Crippen molar-refractivity contribution in [3.8, 4) is 5.75 Å². The Bertz CT molecular complexity index is 622. The number of hydrogen-bond acceptors (Lipinski definition) is 3. The molecule has 0 saturated heterocycles. The van der Waals surface area contributed by atoms with Crippen molar-refractivity contribution in [1.82, 2.24) is 0 Å². The van der Waals surface area contributed by atoms with E-state index >= 15 is 0 Å². The average molecular weight is 283 g/mol. The van der Waals surface area contributed by atoms with E-state index in [-0.39, 0.29) is 0 Å². The molecule has 2 aromatic carbocycles. The number of rotatable bonds is 4. The molecule has 1 aliphatic heterocycles. The summed E-state index contributed by atoms with van der Waals surface area (Å²) in [4.78, 5) is 2.25. The van der Waals surface area contributed by atoms with Gasteiger partial charge in [0.1, 0.15) is 11.9 Å². The van der Waals surface area contributed by atoms with E-state index < -0.39 is 6.10 Å². The Morgan fingerprint density at radius 1 is 1.14 bits per heavy atom. The summed E-state index contributed by atoms with van der Waals surface area (Å²) < 4.78 is 5.43. The monoisotopic (exact) mass is 283 g/mol. The van der Waals surface area contributed by atoms with E-state index in [1.165, 1.54) is 11.3 Å². The third-order valence-corrected chi connectivity index (χ3v) is 4.05. The number of benzene rings is 2. The summed E-state index contributed by atoms with van der Waals surface area (Å²) in [5.74, 6) is 0.837. The van der Waals surface area contributed by atoms with Gasteiger partial charge >= 0.3 is 0 Å². The molecule has 3 rings (SSSR count). The first-order valence-corrected chi connectivity index (χ1v) is 7.44. The molecule has 0 aromatic heterocycles. The van der Waals surface area contributed by atoms with Gasteiger partial charge in [-0.15, -0.1) is 0 Å². The van der Waals surface area contributed by atoms with Crippen molar-refractivity contribution in [2.45, 2.75) is 19.4 Å². The van der Waals surface area contributed by atoms with Crippen molar-refractivity contribution >= 4 is 5.69 Å². The second kappa shape index (κ2) is 5.78. The van der Waals surface area contributed by atoms with E-state index in [1.54, 1.807) is 0 Å². The zero-order chi connectivity index (χ0) is 14.8. The lowest BCUT2D eigenvalue weighted by Gasteiger charge is -2.15. The van der Waals surface area contributed by atoms with Crippen molar-refractivity contribution in [3.05, 3.63) is 59.2 Å². The van der Waals surface area contributed by atoms with Crippen molar-refractivity contribution in [2.24, 2.45) is 0 Å². The maximum atomic E-state index is 10.6. The standard InChI is InChI=1S/C18H21NO2/c1-3-21-16-7-4-13(5-8-16)18(20)15-6-9-17-14(12-15)10-11-19(17)2/h4-9,12,18,20H,3,10-11H2,1-2H3. The highest BCUT2D eigenvalue weighted by molar-refractivity contribution is 5.59. The van der Waals surface area contributed by atoms with Gasteiger partial charge in [0.05, 0.1) is 6.61 Å². The van der Waals surface area contributed by atoms with Gasteiger partial charge in [0, 0.05) is 19.3 Å². The van der Waals surface area contributed by atoms with Crippen molar-refractivity contribution in [1.29, 1.82) is 0 Å². The van der Waals surface area contributed by atoms with E-state index in [0.717, 1.165) is 29.8 Å². The number of aliphatic hydroxyl groups is 1. The van der Waals surface area contributed by atoms with Crippen LogP contribution in [0.5, 0.6) is 5.75 Å². The fourth-order valence-corrected chi connectivity index (χ4v) is 2.86. The maximum absolute atomic E-state index is 10.6. The molecule has 1 aliphatic rings. The van der Waals surface area contributed by atoms with E-state index in [0.29, 0.717) is 6.61 Å². The topological polar surface area (TPSA) is 32.7 Å². The zero-order valence-electron chi connectivity index (χ0n) is 12.5. The van der Waals surface area contributed by atoms with Crippen LogP contribution in [0.15, 0.2) is 42.5 Å². The van der Waals surface area contributed by atoms with Gasteiger partial charge in [0.15, 0.2) is 0 Å². The van der Waals surface area contributed by atoms with E-state index in [9.17, 15) is 5.11 Å². The Kier molecular flexibility index (Phi) is 3.84.